The first-order chi connectivity index (χ1) is 27.1. The molecular formula is C48H70O8. The Morgan fingerprint density at radius 2 is 0.946 bits per heavy atom. The number of hydrogen-bond donors (Lipinski definition) is 2. The largest absolute Gasteiger partial charge is 0.490 e. The van der Waals surface area contributed by atoms with E-state index in [0.29, 0.717) is 47.7 Å². The number of carbonyl (C=O) groups is 2. The van der Waals surface area contributed by atoms with Gasteiger partial charge in [-0.3, -0.25) is 0 Å². The molecule has 310 valence electrons. The summed E-state index contributed by atoms with van der Waals surface area (Å²) in [5.41, 5.74) is -3.03. The summed E-state index contributed by atoms with van der Waals surface area (Å²) >= 11 is 0. The Balaban J connectivity index is 1.20. The first kappa shape index (κ1) is 45.1. The minimum atomic E-state index is -2.20. The first-order valence-electron chi connectivity index (χ1n) is 21.6. The van der Waals surface area contributed by atoms with Crippen LogP contribution in [0.25, 0.3) is 0 Å². The zero-order valence-corrected chi connectivity index (χ0v) is 34.7. The zero-order chi connectivity index (χ0) is 40.2. The van der Waals surface area contributed by atoms with Gasteiger partial charge < -0.3 is 29.2 Å². The van der Waals surface area contributed by atoms with Crippen molar-refractivity contribution in [1.82, 2.24) is 0 Å². The molecule has 0 aliphatic heterocycles. The molecule has 0 bridgehead atoms. The maximum Gasteiger partial charge on any atom is 0.339 e. The summed E-state index contributed by atoms with van der Waals surface area (Å²) in [7, 11) is 0. The van der Waals surface area contributed by atoms with Gasteiger partial charge >= 0.3 is 11.9 Å². The summed E-state index contributed by atoms with van der Waals surface area (Å²) in [6, 6.07) is 14.4. The third kappa shape index (κ3) is 14.1. The maximum absolute atomic E-state index is 12.6. The minimum absolute atomic E-state index is 0.128. The lowest BCUT2D eigenvalue weighted by Gasteiger charge is -2.39. The number of hydrogen-bond acceptors (Lipinski definition) is 6. The molecule has 2 N–H and O–H groups in total. The predicted molar refractivity (Wildman–Crippen MR) is 223 cm³/mol. The van der Waals surface area contributed by atoms with Crippen LogP contribution in [0.3, 0.4) is 0 Å². The van der Waals surface area contributed by atoms with E-state index in [1.807, 2.05) is 24.3 Å². The molecule has 2 atom stereocenters. The number of benzene rings is 2. The van der Waals surface area contributed by atoms with Gasteiger partial charge in [0, 0.05) is 0 Å². The van der Waals surface area contributed by atoms with Crippen molar-refractivity contribution >= 4 is 11.9 Å². The Hall–Kier alpha value is -3.62. The van der Waals surface area contributed by atoms with E-state index >= 15 is 0 Å². The normalized spacial score (nSPS) is 22.4. The molecule has 2 aliphatic carbocycles. The highest BCUT2D eigenvalue weighted by molar-refractivity contribution is 5.90. The summed E-state index contributed by atoms with van der Waals surface area (Å²) in [5, 5.41) is 20.5. The topological polar surface area (TPSA) is 112 Å². The number of unbranched alkanes of at least 4 members (excludes halogenated alkanes) is 4. The van der Waals surface area contributed by atoms with Crippen molar-refractivity contribution in [1.29, 1.82) is 0 Å². The van der Waals surface area contributed by atoms with Crippen molar-refractivity contribution in [3.8, 4) is 11.5 Å². The Kier molecular flexibility index (Phi) is 19.0. The van der Waals surface area contributed by atoms with Gasteiger partial charge in [0.25, 0.3) is 0 Å². The second-order valence-electron chi connectivity index (χ2n) is 16.6. The fourth-order valence-corrected chi connectivity index (χ4v) is 8.12. The third-order valence-corrected chi connectivity index (χ3v) is 12.4. The van der Waals surface area contributed by atoms with E-state index in [-0.39, 0.29) is 13.2 Å². The van der Waals surface area contributed by atoms with Crippen LogP contribution in [0.5, 0.6) is 11.5 Å². The van der Waals surface area contributed by atoms with Gasteiger partial charge in [0.15, 0.2) is 0 Å². The van der Waals surface area contributed by atoms with Crippen LogP contribution in [-0.4, -0.2) is 46.6 Å². The van der Waals surface area contributed by atoms with E-state index in [2.05, 4.69) is 38.2 Å². The van der Waals surface area contributed by atoms with Crippen molar-refractivity contribution in [2.75, 3.05) is 13.2 Å². The average Bonchev–Trinajstić information content (AvgIpc) is 3.21. The summed E-state index contributed by atoms with van der Waals surface area (Å²) in [5.74, 6) is 1.55. The number of aliphatic carboxylic acids is 2. The molecule has 2 aromatic carbocycles. The van der Waals surface area contributed by atoms with Gasteiger partial charge in [0.1, 0.15) is 24.7 Å². The molecule has 8 heteroatoms. The Labute approximate surface area is 337 Å². The number of rotatable bonds is 25. The molecule has 0 amide bonds. The standard InChI is InChI=1S/C48H70O8/c1-5-7-9-13-37-17-21-39(22-18-37)15-11-33-53-43-29-25-41(26-30-43)35-55-47(3,45(49)50)48(4,46(51)52)56-36-42-27-31-44(32-28-42)54-34-12-16-40-23-19-38(20-24-40)14-10-8-6-2/h11-12,15-16,25-32,37-40H,5-10,13-14,17-24,33-36H2,1-4H3,(H,49,50)(H,51,52)/t37?,38?,39?,40?,47-,48-/m0/s1. The molecule has 2 saturated carbocycles. The molecule has 0 spiro atoms. The molecule has 56 heavy (non-hydrogen) atoms. The fraction of sp³-hybridized carbons (Fsp3) is 0.625. The van der Waals surface area contributed by atoms with Crippen molar-refractivity contribution in [2.45, 2.75) is 155 Å². The third-order valence-electron chi connectivity index (χ3n) is 12.4. The lowest BCUT2D eigenvalue weighted by atomic mass is 9.79. The summed E-state index contributed by atoms with van der Waals surface area (Å²) in [6.45, 7) is 7.71. The second kappa shape index (κ2) is 23.6. The maximum atomic E-state index is 12.6. The van der Waals surface area contributed by atoms with Crippen LogP contribution in [0.15, 0.2) is 72.8 Å². The lowest BCUT2D eigenvalue weighted by molar-refractivity contribution is -0.227. The monoisotopic (exact) mass is 775 g/mol. The Morgan fingerprint density at radius 3 is 1.27 bits per heavy atom. The molecule has 0 unspecified atom stereocenters. The van der Waals surface area contributed by atoms with E-state index in [4.69, 9.17) is 18.9 Å². The van der Waals surface area contributed by atoms with E-state index in [9.17, 15) is 19.8 Å². The van der Waals surface area contributed by atoms with Gasteiger partial charge in [-0.15, -0.1) is 0 Å². The molecule has 0 saturated heterocycles. The second-order valence-corrected chi connectivity index (χ2v) is 16.6. The molecule has 0 aromatic heterocycles. The van der Waals surface area contributed by atoms with E-state index in [1.165, 1.54) is 117 Å². The fourth-order valence-electron chi connectivity index (χ4n) is 8.12. The van der Waals surface area contributed by atoms with Gasteiger partial charge in [-0.2, -0.15) is 0 Å². The zero-order valence-electron chi connectivity index (χ0n) is 34.7. The first-order valence-corrected chi connectivity index (χ1v) is 21.6. The quantitative estimate of drug-likeness (QED) is 0.0757. The summed E-state index contributed by atoms with van der Waals surface area (Å²) in [6.07, 6.45) is 29.8. The van der Waals surface area contributed by atoms with Crippen molar-refractivity contribution in [3.05, 3.63) is 84.0 Å². The minimum Gasteiger partial charge on any atom is -0.490 e. The van der Waals surface area contributed by atoms with Crippen molar-refractivity contribution in [3.63, 3.8) is 0 Å². The number of allylic oxidation sites excluding steroid dienone is 2. The molecule has 2 aromatic rings. The smallest absolute Gasteiger partial charge is 0.339 e. The molecule has 2 aliphatic rings. The molecule has 0 heterocycles. The highest BCUT2D eigenvalue weighted by atomic mass is 16.6. The average molecular weight is 775 g/mol. The van der Waals surface area contributed by atoms with Crippen LogP contribution in [0.1, 0.15) is 142 Å². The highest BCUT2D eigenvalue weighted by Gasteiger charge is 2.58. The van der Waals surface area contributed by atoms with Crippen LogP contribution in [0.4, 0.5) is 0 Å². The van der Waals surface area contributed by atoms with Gasteiger partial charge in [-0.25, -0.2) is 9.59 Å². The lowest BCUT2D eigenvalue weighted by Crippen LogP contribution is -2.63. The van der Waals surface area contributed by atoms with Gasteiger partial charge in [0.2, 0.25) is 11.2 Å². The molecule has 2 fully saturated rings. The number of carboxylic acids is 2. The van der Waals surface area contributed by atoms with Gasteiger partial charge in [0.05, 0.1) is 13.2 Å². The van der Waals surface area contributed by atoms with Crippen LogP contribution < -0.4 is 9.47 Å². The van der Waals surface area contributed by atoms with Crippen LogP contribution in [-0.2, 0) is 32.3 Å². The Bertz CT molecular complexity index is 1370. The van der Waals surface area contributed by atoms with Gasteiger partial charge in [-0.1, -0.05) is 114 Å². The van der Waals surface area contributed by atoms with Crippen LogP contribution in [0, 0.1) is 23.7 Å². The highest BCUT2D eigenvalue weighted by Crippen LogP contribution is 2.35. The summed E-state index contributed by atoms with van der Waals surface area (Å²) in [4.78, 5) is 25.2. The van der Waals surface area contributed by atoms with Crippen molar-refractivity contribution < 1.29 is 38.7 Å². The van der Waals surface area contributed by atoms with Crippen molar-refractivity contribution in [2.24, 2.45) is 23.7 Å². The molecular weight excluding hydrogens is 705 g/mol. The van der Waals surface area contributed by atoms with Crippen LogP contribution >= 0.6 is 0 Å². The van der Waals surface area contributed by atoms with E-state index in [1.54, 1.807) is 24.3 Å². The van der Waals surface area contributed by atoms with Gasteiger partial charge in [-0.05, 0) is 124 Å². The predicted octanol–water partition coefficient (Wildman–Crippen LogP) is 11.7. The molecule has 4 rings (SSSR count). The molecule has 0 radical (unpaired) electrons. The van der Waals surface area contributed by atoms with E-state index < -0.39 is 23.1 Å². The molecule has 8 nitrogen and oxygen atoms in total. The van der Waals surface area contributed by atoms with E-state index in [0.717, 1.165) is 11.8 Å². The van der Waals surface area contributed by atoms with Crippen LogP contribution in [0.2, 0.25) is 0 Å². The number of ether oxygens (including phenoxy) is 4. The number of carboxylic acid groups (broad SMARTS) is 2. The summed E-state index contributed by atoms with van der Waals surface area (Å²) < 4.78 is 23.6. The SMILES string of the molecule is CCCCCC1CCC(C=CCOc2ccc(CO[C@@](C)(C(=O)O)[C@@](C)(OCc3ccc(OCC=CC4CCC(CCCCC)CC4)cc3)C(=O)O)cc2)CC1. The Morgan fingerprint density at radius 1 is 0.589 bits per heavy atom.